The maximum Gasteiger partial charge on any atom is 0.340 e. The molecule has 4 aromatic carbocycles. The van der Waals surface area contributed by atoms with Gasteiger partial charge in [0.15, 0.2) is 5.60 Å². The number of para-hydroxylation sites is 1. The number of carbonyl (C=O) groups excluding carboxylic acids is 1. The molecule has 1 aliphatic heterocycles. The molecule has 202 valence electrons. The van der Waals surface area contributed by atoms with E-state index >= 15 is 0 Å². The zero-order chi connectivity index (χ0) is 27.9. The van der Waals surface area contributed by atoms with Crippen molar-refractivity contribution in [1.29, 1.82) is 0 Å². The number of fused-ring (bicyclic) bond motifs is 2. The van der Waals surface area contributed by atoms with Crippen LogP contribution in [-0.4, -0.2) is 23.6 Å². The van der Waals surface area contributed by atoms with Gasteiger partial charge >= 0.3 is 5.97 Å². The van der Waals surface area contributed by atoms with E-state index in [2.05, 4.69) is 79.8 Å². The van der Waals surface area contributed by atoms with Gasteiger partial charge < -0.3 is 18.9 Å². The van der Waals surface area contributed by atoms with Crippen LogP contribution in [-0.2, 0) is 24.0 Å². The highest BCUT2D eigenvalue weighted by atomic mass is 16.6. The molecule has 0 radical (unpaired) electrons. The van der Waals surface area contributed by atoms with Crippen LogP contribution >= 0.6 is 0 Å². The summed E-state index contributed by atoms with van der Waals surface area (Å²) in [6.07, 6.45) is 0. The lowest BCUT2D eigenvalue weighted by Gasteiger charge is -2.33. The Kier molecular flexibility index (Phi) is 6.59. The van der Waals surface area contributed by atoms with Crippen LogP contribution in [0.2, 0.25) is 0 Å². The zero-order valence-electron chi connectivity index (χ0n) is 23.5. The number of nitrogens with zero attached hydrogens (tertiary/aromatic N) is 2. The van der Waals surface area contributed by atoms with E-state index in [0.717, 1.165) is 57.6 Å². The quantitative estimate of drug-likeness (QED) is 0.196. The molecule has 1 atom stereocenters. The molecular formula is C35H34N2O3. The third kappa shape index (κ3) is 3.96. The second-order valence-electron chi connectivity index (χ2n) is 10.3. The van der Waals surface area contributed by atoms with Crippen LogP contribution < -0.4 is 9.64 Å². The van der Waals surface area contributed by atoms with Gasteiger partial charge in [-0.3, -0.25) is 0 Å². The third-order valence-electron chi connectivity index (χ3n) is 8.23. The van der Waals surface area contributed by atoms with Crippen LogP contribution in [0.15, 0.2) is 97.1 Å². The number of hydrogen-bond donors (Lipinski definition) is 0. The standard InChI is InChI=1S/C35H34N2O3/c1-5-37(6-2)26-20-21-30(32(22-26)39-23-25-14-8-7-9-15-25)35(29-18-12-10-16-27(29)34(38)40-35)33-24(3)36(4)31-19-13-11-17-28(31)33/h7-22H,5-6,23H2,1-4H3. The lowest BCUT2D eigenvalue weighted by molar-refractivity contribution is 0.0245. The Balaban J connectivity index is 1.65. The van der Waals surface area contributed by atoms with Crippen molar-refractivity contribution in [3.63, 3.8) is 0 Å². The van der Waals surface area contributed by atoms with Gasteiger partial charge in [-0.15, -0.1) is 0 Å². The number of esters is 1. The predicted molar refractivity (Wildman–Crippen MR) is 160 cm³/mol. The number of hydrogen-bond acceptors (Lipinski definition) is 4. The Morgan fingerprint density at radius 1 is 0.850 bits per heavy atom. The minimum absolute atomic E-state index is 0.329. The van der Waals surface area contributed by atoms with E-state index in [1.807, 2.05) is 54.6 Å². The Bertz CT molecular complexity index is 1700. The average Bonchev–Trinajstić information content (AvgIpc) is 3.43. The largest absolute Gasteiger partial charge is 0.488 e. The fourth-order valence-corrected chi connectivity index (χ4v) is 6.14. The second kappa shape index (κ2) is 10.2. The molecule has 0 N–H and O–H groups in total. The van der Waals surface area contributed by atoms with E-state index in [4.69, 9.17) is 9.47 Å². The molecule has 0 fully saturated rings. The molecule has 0 amide bonds. The van der Waals surface area contributed by atoms with Gasteiger partial charge in [-0.25, -0.2) is 4.79 Å². The summed E-state index contributed by atoms with van der Waals surface area (Å²) >= 11 is 0. The summed E-state index contributed by atoms with van der Waals surface area (Å²) in [5.41, 5.74) is 6.28. The number of anilines is 1. The van der Waals surface area contributed by atoms with Gasteiger partial charge in [0.25, 0.3) is 0 Å². The van der Waals surface area contributed by atoms with Crippen molar-refractivity contribution < 1.29 is 14.3 Å². The van der Waals surface area contributed by atoms with Gasteiger partial charge in [0.1, 0.15) is 12.4 Å². The van der Waals surface area contributed by atoms with E-state index in [1.165, 1.54) is 0 Å². The first-order chi connectivity index (χ1) is 19.5. The van der Waals surface area contributed by atoms with Crippen molar-refractivity contribution in [3.05, 3.63) is 131 Å². The molecule has 2 heterocycles. The number of rotatable bonds is 8. The molecule has 0 aliphatic carbocycles. The van der Waals surface area contributed by atoms with Gasteiger partial charge in [0.2, 0.25) is 0 Å². The Morgan fingerprint density at radius 2 is 1.55 bits per heavy atom. The number of carbonyl (C=O) groups is 1. The Labute approximate surface area is 235 Å². The molecular weight excluding hydrogens is 496 g/mol. The van der Waals surface area contributed by atoms with E-state index in [-0.39, 0.29) is 5.97 Å². The molecule has 1 aromatic heterocycles. The fraction of sp³-hybridized carbons (Fsp3) is 0.229. The van der Waals surface area contributed by atoms with Gasteiger partial charge in [0.05, 0.1) is 5.56 Å². The molecule has 40 heavy (non-hydrogen) atoms. The summed E-state index contributed by atoms with van der Waals surface area (Å²) in [5.74, 6) is 0.370. The molecule has 5 nitrogen and oxygen atoms in total. The molecule has 0 saturated heterocycles. The number of ether oxygens (including phenoxy) is 2. The van der Waals surface area contributed by atoms with Crippen molar-refractivity contribution in [3.8, 4) is 5.75 Å². The number of aromatic nitrogens is 1. The first kappa shape index (κ1) is 25.8. The summed E-state index contributed by atoms with van der Waals surface area (Å²) in [5, 5.41) is 1.05. The van der Waals surface area contributed by atoms with E-state index in [1.54, 1.807) is 0 Å². The van der Waals surface area contributed by atoms with Crippen LogP contribution in [0.4, 0.5) is 5.69 Å². The number of aryl methyl sites for hydroxylation is 1. The van der Waals surface area contributed by atoms with Crippen molar-refractivity contribution in [2.24, 2.45) is 7.05 Å². The van der Waals surface area contributed by atoms with Gasteiger partial charge in [-0.1, -0.05) is 66.7 Å². The highest BCUT2D eigenvalue weighted by Crippen LogP contribution is 2.53. The second-order valence-corrected chi connectivity index (χ2v) is 10.3. The monoisotopic (exact) mass is 530 g/mol. The SMILES string of the molecule is CCN(CC)c1ccc(C2(c3c(C)n(C)c4ccccc34)OC(=O)c3ccccc32)c(OCc2ccccc2)c1. The molecule has 0 saturated carbocycles. The summed E-state index contributed by atoms with van der Waals surface area (Å²) < 4.78 is 15.4. The summed E-state index contributed by atoms with van der Waals surface area (Å²) in [6.45, 7) is 8.55. The summed E-state index contributed by atoms with van der Waals surface area (Å²) in [7, 11) is 2.06. The van der Waals surface area contributed by atoms with Crippen LogP contribution in [0.5, 0.6) is 5.75 Å². The average molecular weight is 531 g/mol. The lowest BCUT2D eigenvalue weighted by atomic mass is 9.78. The molecule has 0 spiro atoms. The van der Waals surface area contributed by atoms with Crippen LogP contribution in [0.25, 0.3) is 10.9 Å². The van der Waals surface area contributed by atoms with Crippen molar-refractivity contribution in [1.82, 2.24) is 4.57 Å². The molecule has 6 rings (SSSR count). The van der Waals surface area contributed by atoms with E-state index < -0.39 is 5.60 Å². The summed E-state index contributed by atoms with van der Waals surface area (Å²) in [4.78, 5) is 15.9. The molecule has 1 unspecified atom stereocenters. The summed E-state index contributed by atoms with van der Waals surface area (Å²) in [6, 6.07) is 32.5. The van der Waals surface area contributed by atoms with Crippen molar-refractivity contribution >= 4 is 22.6 Å². The number of cyclic esters (lactones) is 1. The maximum atomic E-state index is 13.6. The highest BCUT2D eigenvalue weighted by molar-refractivity contribution is 5.99. The topological polar surface area (TPSA) is 43.7 Å². The fourth-order valence-electron chi connectivity index (χ4n) is 6.14. The predicted octanol–water partition coefficient (Wildman–Crippen LogP) is 7.37. The highest BCUT2D eigenvalue weighted by Gasteiger charge is 2.52. The van der Waals surface area contributed by atoms with Crippen LogP contribution in [0, 0.1) is 6.92 Å². The van der Waals surface area contributed by atoms with E-state index in [0.29, 0.717) is 17.9 Å². The van der Waals surface area contributed by atoms with Gasteiger partial charge in [-0.2, -0.15) is 0 Å². The third-order valence-corrected chi connectivity index (χ3v) is 8.23. The number of benzene rings is 4. The lowest BCUT2D eigenvalue weighted by Crippen LogP contribution is -2.31. The Hall–Kier alpha value is -4.51. The van der Waals surface area contributed by atoms with Crippen LogP contribution in [0.3, 0.4) is 0 Å². The minimum atomic E-state index is -1.17. The molecule has 0 bridgehead atoms. The van der Waals surface area contributed by atoms with E-state index in [9.17, 15) is 4.79 Å². The smallest absolute Gasteiger partial charge is 0.340 e. The maximum absolute atomic E-state index is 13.6. The molecule has 5 aromatic rings. The first-order valence-electron chi connectivity index (χ1n) is 13.9. The Morgan fingerprint density at radius 3 is 2.33 bits per heavy atom. The van der Waals surface area contributed by atoms with Crippen LogP contribution in [0.1, 0.15) is 52.2 Å². The van der Waals surface area contributed by atoms with Gasteiger partial charge in [0, 0.05) is 65.2 Å². The normalized spacial score (nSPS) is 16.1. The zero-order valence-corrected chi connectivity index (χ0v) is 23.5. The van der Waals surface area contributed by atoms with Gasteiger partial charge in [-0.05, 0) is 50.6 Å². The van der Waals surface area contributed by atoms with Crippen molar-refractivity contribution in [2.45, 2.75) is 33.0 Å². The minimum Gasteiger partial charge on any atom is -0.488 e. The van der Waals surface area contributed by atoms with Crippen molar-refractivity contribution in [2.75, 3.05) is 18.0 Å². The first-order valence-corrected chi connectivity index (χ1v) is 13.9. The molecule has 5 heteroatoms. The molecule has 1 aliphatic rings.